The molecule has 0 amide bonds. The summed E-state index contributed by atoms with van der Waals surface area (Å²) < 4.78 is 2.22. The molecule has 1 N–H and O–H groups in total. The number of para-hydroxylation sites is 1. The number of nitrogens with zero attached hydrogens (tertiary/aromatic N) is 2. The zero-order valence-electron chi connectivity index (χ0n) is 12.0. The molecule has 2 rings (SSSR count). The van der Waals surface area contributed by atoms with Crippen molar-refractivity contribution in [1.29, 1.82) is 0 Å². The molecule has 19 heavy (non-hydrogen) atoms. The maximum Gasteiger partial charge on any atom is 0.207 e. The Morgan fingerprint density at radius 3 is 2.53 bits per heavy atom. The van der Waals surface area contributed by atoms with Crippen molar-refractivity contribution >= 4 is 11.6 Å². The first-order chi connectivity index (χ1) is 9.16. The Bertz CT molecular complexity index is 488. The first-order valence-corrected chi connectivity index (χ1v) is 7.01. The summed E-state index contributed by atoms with van der Waals surface area (Å²) >= 11 is 0. The molecule has 0 aliphatic carbocycles. The van der Waals surface area contributed by atoms with Gasteiger partial charge < -0.3 is 9.88 Å². The smallest absolute Gasteiger partial charge is 0.207 e. The third kappa shape index (κ3) is 3.85. The van der Waals surface area contributed by atoms with E-state index in [4.69, 9.17) is 0 Å². The molecule has 3 nitrogen and oxygen atoms in total. The van der Waals surface area contributed by atoms with Gasteiger partial charge in [0.25, 0.3) is 0 Å². The molecule has 0 fully saturated rings. The van der Waals surface area contributed by atoms with Gasteiger partial charge in [-0.15, -0.1) is 0 Å². The molecule has 1 atom stereocenters. The standard InChI is InChI=1S/C16H23N3/c1-13(2)9-10-14(3)19-12-11-17-16(19)18-15-7-5-4-6-8-15/h4-8,11-14H,9-10H2,1-3H3,(H,17,18). The lowest BCUT2D eigenvalue weighted by molar-refractivity contribution is 0.442. The number of aromatic nitrogens is 2. The fourth-order valence-corrected chi connectivity index (χ4v) is 2.13. The van der Waals surface area contributed by atoms with Crippen molar-refractivity contribution in [2.45, 2.75) is 39.7 Å². The van der Waals surface area contributed by atoms with Crippen molar-refractivity contribution in [1.82, 2.24) is 9.55 Å². The van der Waals surface area contributed by atoms with Crippen molar-refractivity contribution in [2.75, 3.05) is 5.32 Å². The summed E-state index contributed by atoms with van der Waals surface area (Å²) in [6.45, 7) is 6.79. The highest BCUT2D eigenvalue weighted by molar-refractivity contribution is 5.53. The molecule has 0 aliphatic rings. The van der Waals surface area contributed by atoms with E-state index in [2.05, 4.69) is 54.0 Å². The van der Waals surface area contributed by atoms with Gasteiger partial charge in [0.05, 0.1) is 0 Å². The van der Waals surface area contributed by atoms with E-state index < -0.39 is 0 Å². The van der Waals surface area contributed by atoms with E-state index in [1.807, 2.05) is 24.4 Å². The van der Waals surface area contributed by atoms with Crippen molar-refractivity contribution in [3.8, 4) is 0 Å². The quantitative estimate of drug-likeness (QED) is 0.818. The zero-order valence-corrected chi connectivity index (χ0v) is 12.0. The molecule has 0 spiro atoms. The predicted octanol–water partition coefficient (Wildman–Crippen LogP) is 4.62. The fraction of sp³-hybridized carbons (Fsp3) is 0.438. The lowest BCUT2D eigenvalue weighted by Crippen LogP contribution is -2.09. The van der Waals surface area contributed by atoms with Crippen LogP contribution < -0.4 is 5.32 Å². The zero-order chi connectivity index (χ0) is 13.7. The number of hydrogen-bond acceptors (Lipinski definition) is 2. The van der Waals surface area contributed by atoms with Gasteiger partial charge in [-0.25, -0.2) is 4.98 Å². The number of nitrogens with one attached hydrogen (secondary N) is 1. The molecule has 1 heterocycles. The largest absolute Gasteiger partial charge is 0.326 e. The van der Waals surface area contributed by atoms with Gasteiger partial charge in [0.2, 0.25) is 5.95 Å². The van der Waals surface area contributed by atoms with E-state index in [0.29, 0.717) is 6.04 Å². The molecule has 0 radical (unpaired) electrons. The molecule has 3 heteroatoms. The second-order valence-corrected chi connectivity index (χ2v) is 5.47. The van der Waals surface area contributed by atoms with Crippen LogP contribution in [0, 0.1) is 5.92 Å². The predicted molar refractivity (Wildman–Crippen MR) is 80.7 cm³/mol. The summed E-state index contributed by atoms with van der Waals surface area (Å²) in [5.74, 6) is 1.67. The van der Waals surface area contributed by atoms with Crippen LogP contribution in [0.5, 0.6) is 0 Å². The van der Waals surface area contributed by atoms with E-state index >= 15 is 0 Å². The van der Waals surface area contributed by atoms with Gasteiger partial charge in [-0.1, -0.05) is 32.0 Å². The lowest BCUT2D eigenvalue weighted by Gasteiger charge is -2.18. The molecule has 1 aromatic heterocycles. The van der Waals surface area contributed by atoms with Crippen LogP contribution in [0.25, 0.3) is 0 Å². The van der Waals surface area contributed by atoms with Crippen molar-refractivity contribution < 1.29 is 0 Å². The molecule has 2 aromatic rings. The van der Waals surface area contributed by atoms with Gasteiger partial charge in [-0.3, -0.25) is 0 Å². The van der Waals surface area contributed by atoms with Gasteiger partial charge >= 0.3 is 0 Å². The molecular weight excluding hydrogens is 234 g/mol. The minimum Gasteiger partial charge on any atom is -0.326 e. The first kappa shape index (κ1) is 13.7. The van der Waals surface area contributed by atoms with E-state index in [1.54, 1.807) is 0 Å². The Balaban J connectivity index is 2.05. The normalized spacial score (nSPS) is 12.6. The maximum absolute atomic E-state index is 4.41. The highest BCUT2D eigenvalue weighted by Gasteiger charge is 2.10. The number of imidazole rings is 1. The van der Waals surface area contributed by atoms with Crippen LogP contribution in [-0.4, -0.2) is 9.55 Å². The van der Waals surface area contributed by atoms with Gasteiger partial charge in [0.1, 0.15) is 0 Å². The van der Waals surface area contributed by atoms with Gasteiger partial charge in [0.15, 0.2) is 0 Å². The molecule has 0 saturated heterocycles. The molecule has 1 unspecified atom stereocenters. The second kappa shape index (κ2) is 6.41. The van der Waals surface area contributed by atoms with Gasteiger partial charge in [-0.05, 0) is 37.8 Å². The first-order valence-electron chi connectivity index (χ1n) is 7.01. The van der Waals surface area contributed by atoms with Crippen LogP contribution in [-0.2, 0) is 0 Å². The van der Waals surface area contributed by atoms with Crippen molar-refractivity contribution in [2.24, 2.45) is 5.92 Å². The van der Waals surface area contributed by atoms with Gasteiger partial charge in [-0.2, -0.15) is 0 Å². The third-order valence-electron chi connectivity index (χ3n) is 3.34. The van der Waals surface area contributed by atoms with Crippen LogP contribution in [0.15, 0.2) is 42.7 Å². The van der Waals surface area contributed by atoms with E-state index in [1.165, 1.54) is 12.8 Å². The Kier molecular flexibility index (Phi) is 4.61. The number of anilines is 2. The monoisotopic (exact) mass is 257 g/mol. The Morgan fingerprint density at radius 2 is 1.84 bits per heavy atom. The SMILES string of the molecule is CC(C)CCC(C)n1ccnc1Nc1ccccc1. The summed E-state index contributed by atoms with van der Waals surface area (Å²) in [6, 6.07) is 10.6. The van der Waals surface area contributed by atoms with E-state index in [0.717, 1.165) is 17.6 Å². The molecule has 102 valence electrons. The summed E-state index contributed by atoms with van der Waals surface area (Å²) in [5, 5.41) is 3.37. The number of benzene rings is 1. The Morgan fingerprint density at radius 1 is 1.11 bits per heavy atom. The number of rotatable bonds is 6. The van der Waals surface area contributed by atoms with Crippen molar-refractivity contribution in [3.63, 3.8) is 0 Å². The molecule has 0 aliphatic heterocycles. The summed E-state index contributed by atoms with van der Waals surface area (Å²) in [7, 11) is 0. The number of hydrogen-bond donors (Lipinski definition) is 1. The third-order valence-corrected chi connectivity index (χ3v) is 3.34. The van der Waals surface area contributed by atoms with Crippen LogP contribution in [0.2, 0.25) is 0 Å². The molecule has 0 saturated carbocycles. The summed E-state index contributed by atoms with van der Waals surface area (Å²) in [5.41, 5.74) is 1.08. The van der Waals surface area contributed by atoms with Crippen LogP contribution in [0.1, 0.15) is 39.7 Å². The topological polar surface area (TPSA) is 29.9 Å². The maximum atomic E-state index is 4.41. The van der Waals surface area contributed by atoms with Crippen LogP contribution in [0.4, 0.5) is 11.6 Å². The minimum absolute atomic E-state index is 0.469. The fourth-order valence-electron chi connectivity index (χ4n) is 2.13. The van der Waals surface area contributed by atoms with Crippen LogP contribution >= 0.6 is 0 Å². The van der Waals surface area contributed by atoms with E-state index in [-0.39, 0.29) is 0 Å². The summed E-state index contributed by atoms with van der Waals surface area (Å²) in [4.78, 5) is 4.41. The summed E-state index contributed by atoms with van der Waals surface area (Å²) in [6.07, 6.45) is 6.33. The second-order valence-electron chi connectivity index (χ2n) is 5.47. The molecule has 1 aromatic carbocycles. The van der Waals surface area contributed by atoms with Crippen molar-refractivity contribution in [3.05, 3.63) is 42.7 Å². The lowest BCUT2D eigenvalue weighted by atomic mass is 10.0. The molecule has 0 bridgehead atoms. The van der Waals surface area contributed by atoms with Gasteiger partial charge in [0, 0.05) is 24.1 Å². The average Bonchev–Trinajstić information content (AvgIpc) is 2.85. The Labute approximate surface area is 115 Å². The van der Waals surface area contributed by atoms with E-state index in [9.17, 15) is 0 Å². The molecular formula is C16H23N3. The average molecular weight is 257 g/mol. The van der Waals surface area contributed by atoms with Crippen LogP contribution in [0.3, 0.4) is 0 Å². The minimum atomic E-state index is 0.469. The highest BCUT2D eigenvalue weighted by atomic mass is 15.2. The Hall–Kier alpha value is -1.77. The highest BCUT2D eigenvalue weighted by Crippen LogP contribution is 2.22.